The van der Waals surface area contributed by atoms with Crippen LogP contribution in [-0.2, 0) is 0 Å². The molecule has 3 unspecified atom stereocenters. The molecule has 0 amide bonds. The molecule has 0 aromatic heterocycles. The fraction of sp³-hybridized carbons (Fsp3) is 0.625. The predicted octanol–water partition coefficient (Wildman–Crippen LogP) is 4.30. The van der Waals surface area contributed by atoms with E-state index in [0.717, 1.165) is 18.9 Å². The van der Waals surface area contributed by atoms with Crippen LogP contribution in [0.15, 0.2) is 24.3 Å². The van der Waals surface area contributed by atoms with Crippen molar-refractivity contribution in [1.29, 1.82) is 0 Å². The normalized spacial score (nSPS) is 25.3. The van der Waals surface area contributed by atoms with Crippen LogP contribution in [0.2, 0.25) is 0 Å². The first-order valence-electron chi connectivity index (χ1n) is 7.21. The Morgan fingerprint density at radius 1 is 1.28 bits per heavy atom. The Morgan fingerprint density at radius 2 is 2.00 bits per heavy atom. The van der Waals surface area contributed by atoms with Gasteiger partial charge in [0.1, 0.15) is 5.82 Å². The first-order chi connectivity index (χ1) is 8.72. The molecule has 1 aromatic rings. The van der Waals surface area contributed by atoms with Crippen LogP contribution < -0.4 is 5.32 Å². The van der Waals surface area contributed by atoms with Gasteiger partial charge in [-0.1, -0.05) is 38.8 Å². The maximum atomic E-state index is 13.0. The molecule has 0 saturated heterocycles. The monoisotopic (exact) mass is 249 g/mol. The highest BCUT2D eigenvalue weighted by atomic mass is 19.1. The molecule has 0 heterocycles. The molecule has 2 rings (SSSR count). The standard InChI is InChI=1S/C16H24FN/c1-3-11-18-16(15-6-4-5-12(15)2)13-7-9-14(17)10-8-13/h7-10,12,15-16,18H,3-6,11H2,1-2H3. The number of hydrogen-bond acceptors (Lipinski definition) is 1. The largest absolute Gasteiger partial charge is 0.310 e. The fourth-order valence-corrected chi connectivity index (χ4v) is 3.16. The maximum absolute atomic E-state index is 13.0. The summed E-state index contributed by atoms with van der Waals surface area (Å²) in [4.78, 5) is 0. The van der Waals surface area contributed by atoms with Gasteiger partial charge in [0, 0.05) is 6.04 Å². The lowest BCUT2D eigenvalue weighted by atomic mass is 9.86. The molecule has 1 N–H and O–H groups in total. The number of nitrogens with one attached hydrogen (secondary N) is 1. The highest BCUT2D eigenvalue weighted by Gasteiger charge is 2.31. The van der Waals surface area contributed by atoms with Crippen molar-refractivity contribution in [2.24, 2.45) is 11.8 Å². The molecular weight excluding hydrogens is 225 g/mol. The molecule has 2 heteroatoms. The lowest BCUT2D eigenvalue weighted by molar-refractivity contribution is 0.302. The van der Waals surface area contributed by atoms with Crippen LogP contribution in [0.5, 0.6) is 0 Å². The van der Waals surface area contributed by atoms with Gasteiger partial charge in [0.2, 0.25) is 0 Å². The minimum Gasteiger partial charge on any atom is -0.310 e. The van der Waals surface area contributed by atoms with Gasteiger partial charge in [-0.15, -0.1) is 0 Å². The predicted molar refractivity (Wildman–Crippen MR) is 73.9 cm³/mol. The molecular formula is C16H24FN. The average molecular weight is 249 g/mol. The van der Waals surface area contributed by atoms with Crippen LogP contribution in [0.1, 0.15) is 51.1 Å². The van der Waals surface area contributed by atoms with Crippen molar-refractivity contribution in [2.45, 2.75) is 45.6 Å². The molecule has 1 aliphatic carbocycles. The molecule has 1 aromatic carbocycles. The lowest BCUT2D eigenvalue weighted by Crippen LogP contribution is -2.30. The Hall–Kier alpha value is -0.890. The van der Waals surface area contributed by atoms with E-state index in [4.69, 9.17) is 0 Å². The van der Waals surface area contributed by atoms with Gasteiger partial charge in [0.15, 0.2) is 0 Å². The number of hydrogen-bond donors (Lipinski definition) is 1. The Bertz CT molecular complexity index is 360. The summed E-state index contributed by atoms with van der Waals surface area (Å²) >= 11 is 0. The molecule has 0 spiro atoms. The SMILES string of the molecule is CCCNC(c1ccc(F)cc1)C1CCCC1C. The van der Waals surface area contributed by atoms with E-state index < -0.39 is 0 Å². The summed E-state index contributed by atoms with van der Waals surface area (Å²) < 4.78 is 13.0. The number of halogens is 1. The van der Waals surface area contributed by atoms with Gasteiger partial charge in [-0.25, -0.2) is 4.39 Å². The van der Waals surface area contributed by atoms with Crippen molar-refractivity contribution < 1.29 is 4.39 Å². The van der Waals surface area contributed by atoms with Crippen LogP contribution >= 0.6 is 0 Å². The summed E-state index contributed by atoms with van der Waals surface area (Å²) in [5.41, 5.74) is 1.24. The molecule has 18 heavy (non-hydrogen) atoms. The second kappa shape index (κ2) is 6.33. The zero-order chi connectivity index (χ0) is 13.0. The minimum absolute atomic E-state index is 0.146. The smallest absolute Gasteiger partial charge is 0.123 e. The van der Waals surface area contributed by atoms with Crippen molar-refractivity contribution >= 4 is 0 Å². The number of rotatable bonds is 5. The van der Waals surface area contributed by atoms with Gasteiger partial charge < -0.3 is 5.32 Å². The molecule has 0 aliphatic heterocycles. The molecule has 0 bridgehead atoms. The molecule has 1 nitrogen and oxygen atoms in total. The van der Waals surface area contributed by atoms with E-state index in [-0.39, 0.29) is 5.82 Å². The molecule has 1 saturated carbocycles. The molecule has 1 fully saturated rings. The van der Waals surface area contributed by atoms with E-state index in [9.17, 15) is 4.39 Å². The van der Waals surface area contributed by atoms with Crippen molar-refractivity contribution in [1.82, 2.24) is 5.32 Å². The van der Waals surface area contributed by atoms with Gasteiger partial charge in [-0.05, 0) is 48.9 Å². The first kappa shape index (κ1) is 13.5. The Morgan fingerprint density at radius 3 is 2.56 bits per heavy atom. The summed E-state index contributed by atoms with van der Waals surface area (Å²) in [5.74, 6) is 1.32. The van der Waals surface area contributed by atoms with Crippen molar-refractivity contribution in [2.75, 3.05) is 6.54 Å². The molecule has 1 aliphatic rings. The third-order valence-electron chi connectivity index (χ3n) is 4.20. The summed E-state index contributed by atoms with van der Waals surface area (Å²) in [5, 5.41) is 3.66. The molecule has 100 valence electrons. The van der Waals surface area contributed by atoms with Gasteiger partial charge in [-0.3, -0.25) is 0 Å². The molecule has 3 atom stereocenters. The summed E-state index contributed by atoms with van der Waals surface area (Å²) in [7, 11) is 0. The third-order valence-corrected chi connectivity index (χ3v) is 4.20. The third kappa shape index (κ3) is 3.11. The topological polar surface area (TPSA) is 12.0 Å². The minimum atomic E-state index is -0.146. The molecule has 0 radical (unpaired) electrons. The first-order valence-corrected chi connectivity index (χ1v) is 7.21. The van der Waals surface area contributed by atoms with Crippen LogP contribution in [0.25, 0.3) is 0 Å². The summed E-state index contributed by atoms with van der Waals surface area (Å²) in [6.45, 7) is 5.57. The summed E-state index contributed by atoms with van der Waals surface area (Å²) in [6.07, 6.45) is 5.09. The van der Waals surface area contributed by atoms with E-state index in [0.29, 0.717) is 12.0 Å². The zero-order valence-electron chi connectivity index (χ0n) is 11.5. The second-order valence-electron chi connectivity index (χ2n) is 5.56. The quantitative estimate of drug-likeness (QED) is 0.820. The van der Waals surface area contributed by atoms with Crippen molar-refractivity contribution in [3.8, 4) is 0 Å². The average Bonchev–Trinajstić information content (AvgIpc) is 2.78. The van der Waals surface area contributed by atoms with E-state index >= 15 is 0 Å². The number of benzene rings is 1. The fourth-order valence-electron chi connectivity index (χ4n) is 3.16. The van der Waals surface area contributed by atoms with Gasteiger partial charge in [-0.2, -0.15) is 0 Å². The summed E-state index contributed by atoms with van der Waals surface area (Å²) in [6, 6.07) is 7.43. The van der Waals surface area contributed by atoms with E-state index in [1.807, 2.05) is 12.1 Å². The van der Waals surface area contributed by atoms with E-state index in [1.165, 1.54) is 24.8 Å². The van der Waals surface area contributed by atoms with Crippen molar-refractivity contribution in [3.05, 3.63) is 35.6 Å². The maximum Gasteiger partial charge on any atom is 0.123 e. The second-order valence-corrected chi connectivity index (χ2v) is 5.56. The van der Waals surface area contributed by atoms with E-state index in [2.05, 4.69) is 19.2 Å². The van der Waals surface area contributed by atoms with Crippen LogP contribution in [-0.4, -0.2) is 6.54 Å². The Balaban J connectivity index is 2.15. The van der Waals surface area contributed by atoms with Crippen LogP contribution in [0.4, 0.5) is 4.39 Å². The Labute approximate surface area is 110 Å². The van der Waals surface area contributed by atoms with Gasteiger partial charge in [0.25, 0.3) is 0 Å². The Kier molecular flexibility index (Phi) is 4.76. The highest BCUT2D eigenvalue weighted by molar-refractivity contribution is 5.21. The lowest BCUT2D eigenvalue weighted by Gasteiger charge is -2.28. The van der Waals surface area contributed by atoms with Crippen molar-refractivity contribution in [3.63, 3.8) is 0 Å². The zero-order valence-corrected chi connectivity index (χ0v) is 11.5. The highest BCUT2D eigenvalue weighted by Crippen LogP contribution is 2.40. The van der Waals surface area contributed by atoms with E-state index in [1.54, 1.807) is 12.1 Å². The van der Waals surface area contributed by atoms with Crippen LogP contribution in [0, 0.1) is 17.7 Å². The van der Waals surface area contributed by atoms with Gasteiger partial charge >= 0.3 is 0 Å². The van der Waals surface area contributed by atoms with Crippen LogP contribution in [0.3, 0.4) is 0 Å². The van der Waals surface area contributed by atoms with Gasteiger partial charge in [0.05, 0.1) is 0 Å².